The number of aromatic amines is 1. The van der Waals surface area contributed by atoms with Crippen LogP contribution in [-0.2, 0) is 11.3 Å². The van der Waals surface area contributed by atoms with Crippen LogP contribution in [0.15, 0.2) is 42.2 Å². The first kappa shape index (κ1) is 17.6. The van der Waals surface area contributed by atoms with Crippen molar-refractivity contribution in [2.75, 3.05) is 0 Å². The lowest BCUT2D eigenvalue weighted by Crippen LogP contribution is -2.24. The second-order valence-electron chi connectivity index (χ2n) is 5.42. The fourth-order valence-electron chi connectivity index (χ4n) is 2.41. The van der Waals surface area contributed by atoms with E-state index in [0.29, 0.717) is 21.6 Å². The highest BCUT2D eigenvalue weighted by molar-refractivity contribution is 6.31. The largest absolute Gasteiger partial charge is 0.347 e. The van der Waals surface area contributed by atoms with E-state index < -0.39 is 17.5 Å². The maximum atomic E-state index is 13.2. The lowest BCUT2D eigenvalue weighted by molar-refractivity contribution is -0.117. The van der Waals surface area contributed by atoms with Gasteiger partial charge < -0.3 is 10.3 Å². The fourth-order valence-corrected chi connectivity index (χ4v) is 2.57. The molecule has 0 atom stereocenters. The Labute approximate surface area is 151 Å². The van der Waals surface area contributed by atoms with Crippen LogP contribution in [0.4, 0.5) is 8.78 Å². The van der Waals surface area contributed by atoms with Gasteiger partial charge in [0.1, 0.15) is 28.9 Å². The molecule has 0 aliphatic carbocycles. The molecule has 2 N–H and O–H groups in total. The monoisotopic (exact) mass is 372 g/mol. The van der Waals surface area contributed by atoms with E-state index in [1.807, 2.05) is 6.07 Å². The number of pyridine rings is 1. The molecule has 8 heteroatoms. The van der Waals surface area contributed by atoms with E-state index in [2.05, 4.69) is 15.3 Å². The normalized spacial score (nSPS) is 11.4. The number of H-pyrrole nitrogens is 1. The van der Waals surface area contributed by atoms with Crippen molar-refractivity contribution in [2.24, 2.45) is 0 Å². The number of nitriles is 1. The highest BCUT2D eigenvalue weighted by atomic mass is 35.5. The summed E-state index contributed by atoms with van der Waals surface area (Å²) in [6.07, 6.45) is 4.46. The highest BCUT2D eigenvalue weighted by Crippen LogP contribution is 2.22. The zero-order valence-corrected chi connectivity index (χ0v) is 13.9. The lowest BCUT2D eigenvalue weighted by atomic mass is 10.1. The Morgan fingerprint density at radius 1 is 1.31 bits per heavy atom. The molecule has 2 heterocycles. The predicted molar refractivity (Wildman–Crippen MR) is 92.9 cm³/mol. The topological polar surface area (TPSA) is 81.6 Å². The molecule has 26 heavy (non-hydrogen) atoms. The van der Waals surface area contributed by atoms with Gasteiger partial charge in [0.25, 0.3) is 5.91 Å². The average Bonchev–Trinajstić information content (AvgIpc) is 2.98. The summed E-state index contributed by atoms with van der Waals surface area (Å²) in [6, 6.07) is 6.42. The van der Waals surface area contributed by atoms with Crippen LogP contribution in [-0.4, -0.2) is 15.9 Å². The predicted octanol–water partition coefficient (Wildman–Crippen LogP) is 3.72. The summed E-state index contributed by atoms with van der Waals surface area (Å²) in [7, 11) is 0. The average molecular weight is 373 g/mol. The summed E-state index contributed by atoms with van der Waals surface area (Å²) < 4.78 is 26.3. The Bertz CT molecular complexity index is 1050. The van der Waals surface area contributed by atoms with Crippen LogP contribution in [0.5, 0.6) is 0 Å². The summed E-state index contributed by atoms with van der Waals surface area (Å²) in [4.78, 5) is 19.2. The summed E-state index contributed by atoms with van der Waals surface area (Å²) in [5.74, 6) is -2.15. The number of nitrogens with one attached hydrogen (secondary N) is 2. The number of aromatic nitrogens is 2. The molecule has 5 nitrogen and oxygen atoms in total. The molecule has 0 radical (unpaired) electrons. The minimum absolute atomic E-state index is 0.117. The van der Waals surface area contributed by atoms with Gasteiger partial charge in [-0.2, -0.15) is 5.26 Å². The third-order valence-electron chi connectivity index (χ3n) is 3.57. The Balaban J connectivity index is 1.81. The summed E-state index contributed by atoms with van der Waals surface area (Å²) in [6.45, 7) is -0.117. The number of carbonyl (C=O) groups is 1. The van der Waals surface area contributed by atoms with Crippen molar-refractivity contribution in [3.05, 3.63) is 70.0 Å². The van der Waals surface area contributed by atoms with E-state index >= 15 is 0 Å². The van der Waals surface area contributed by atoms with E-state index in [1.54, 1.807) is 12.3 Å². The van der Waals surface area contributed by atoms with Gasteiger partial charge in [-0.15, -0.1) is 0 Å². The molecule has 0 unspecified atom stereocenters. The van der Waals surface area contributed by atoms with Gasteiger partial charge in [0.15, 0.2) is 0 Å². The van der Waals surface area contributed by atoms with Gasteiger partial charge in [0, 0.05) is 36.0 Å². The maximum Gasteiger partial charge on any atom is 0.262 e. The molecule has 0 saturated heterocycles. The fraction of sp³-hybridized carbons (Fsp3) is 0.0556. The van der Waals surface area contributed by atoms with E-state index in [1.165, 1.54) is 12.3 Å². The minimum atomic E-state index is -0.742. The highest BCUT2D eigenvalue weighted by Gasteiger charge is 2.12. The molecule has 0 aliphatic heterocycles. The lowest BCUT2D eigenvalue weighted by Gasteiger charge is -2.05. The molecular formula is C18H11ClF2N4O. The Morgan fingerprint density at radius 3 is 2.73 bits per heavy atom. The number of amides is 1. The number of benzene rings is 1. The molecular weight excluding hydrogens is 362 g/mol. The summed E-state index contributed by atoms with van der Waals surface area (Å²) >= 11 is 5.92. The van der Waals surface area contributed by atoms with Crippen LogP contribution in [0.2, 0.25) is 5.02 Å². The van der Waals surface area contributed by atoms with Gasteiger partial charge in [-0.25, -0.2) is 13.8 Å². The van der Waals surface area contributed by atoms with Gasteiger partial charge in [-0.05, 0) is 29.8 Å². The van der Waals surface area contributed by atoms with E-state index in [0.717, 1.165) is 18.2 Å². The number of halogens is 3. The van der Waals surface area contributed by atoms with Crippen LogP contribution >= 0.6 is 11.6 Å². The van der Waals surface area contributed by atoms with Crippen LogP contribution in [0, 0.1) is 23.0 Å². The second-order valence-corrected chi connectivity index (χ2v) is 5.86. The third kappa shape index (κ3) is 3.87. The van der Waals surface area contributed by atoms with Gasteiger partial charge in [-0.3, -0.25) is 4.79 Å². The minimum Gasteiger partial charge on any atom is -0.347 e. The molecule has 0 bridgehead atoms. The SMILES string of the molecule is N#C/C(=C\c1c[nH]c2ncc(Cl)cc12)C(=O)NCc1cc(F)cc(F)c1. The molecule has 1 amide bonds. The second kappa shape index (κ2) is 7.33. The van der Waals surface area contributed by atoms with E-state index in [-0.39, 0.29) is 17.7 Å². The molecule has 130 valence electrons. The van der Waals surface area contributed by atoms with Crippen molar-refractivity contribution in [1.29, 1.82) is 5.26 Å². The summed E-state index contributed by atoms with van der Waals surface area (Å²) in [5.41, 5.74) is 1.21. The molecule has 0 spiro atoms. The van der Waals surface area contributed by atoms with Crippen molar-refractivity contribution in [2.45, 2.75) is 6.54 Å². The van der Waals surface area contributed by atoms with E-state index in [9.17, 15) is 18.8 Å². The first-order chi connectivity index (χ1) is 12.5. The molecule has 0 fully saturated rings. The van der Waals surface area contributed by atoms with Crippen LogP contribution in [0.1, 0.15) is 11.1 Å². The zero-order valence-electron chi connectivity index (χ0n) is 13.2. The number of hydrogen-bond acceptors (Lipinski definition) is 3. The van der Waals surface area contributed by atoms with Gasteiger partial charge in [-0.1, -0.05) is 11.6 Å². The van der Waals surface area contributed by atoms with Crippen molar-refractivity contribution < 1.29 is 13.6 Å². The number of carbonyl (C=O) groups excluding carboxylic acids is 1. The molecule has 0 aliphatic rings. The van der Waals surface area contributed by atoms with Gasteiger partial charge in [0.05, 0.1) is 5.02 Å². The summed E-state index contributed by atoms with van der Waals surface area (Å²) in [5, 5.41) is 12.8. The van der Waals surface area contributed by atoms with Crippen molar-refractivity contribution in [3.8, 4) is 6.07 Å². The maximum absolute atomic E-state index is 13.2. The molecule has 0 saturated carbocycles. The van der Waals surface area contributed by atoms with Crippen molar-refractivity contribution >= 4 is 34.6 Å². The molecule has 3 rings (SSSR count). The zero-order chi connectivity index (χ0) is 18.7. The first-order valence-electron chi connectivity index (χ1n) is 7.44. The standard InChI is InChI=1S/C18H11ClF2N4O/c19-13-4-16-12(8-23-17(16)24-9-13)3-11(6-22)18(26)25-7-10-1-14(20)5-15(21)2-10/h1-5,8-9H,7H2,(H,23,24)(H,25,26)/b11-3+. The first-order valence-corrected chi connectivity index (χ1v) is 7.81. The quantitative estimate of drug-likeness (QED) is 0.541. The van der Waals surface area contributed by atoms with Crippen molar-refractivity contribution in [1.82, 2.24) is 15.3 Å². The van der Waals surface area contributed by atoms with E-state index in [4.69, 9.17) is 11.6 Å². The third-order valence-corrected chi connectivity index (χ3v) is 3.78. The number of hydrogen-bond donors (Lipinski definition) is 2. The number of fused-ring (bicyclic) bond motifs is 1. The van der Waals surface area contributed by atoms with Crippen LogP contribution in [0.25, 0.3) is 17.1 Å². The Hall–Kier alpha value is -3.24. The Kier molecular flexibility index (Phi) is 4.96. The number of rotatable bonds is 4. The molecule has 3 aromatic rings. The smallest absolute Gasteiger partial charge is 0.262 e. The Morgan fingerprint density at radius 2 is 2.04 bits per heavy atom. The number of nitrogens with zero attached hydrogens (tertiary/aromatic N) is 2. The van der Waals surface area contributed by atoms with Gasteiger partial charge in [0.2, 0.25) is 0 Å². The van der Waals surface area contributed by atoms with Crippen LogP contribution in [0.3, 0.4) is 0 Å². The van der Waals surface area contributed by atoms with Crippen LogP contribution < -0.4 is 5.32 Å². The molecule has 2 aromatic heterocycles. The van der Waals surface area contributed by atoms with Crippen molar-refractivity contribution in [3.63, 3.8) is 0 Å². The van der Waals surface area contributed by atoms with Gasteiger partial charge >= 0.3 is 0 Å². The molecule has 1 aromatic carbocycles.